The largest absolute Gasteiger partial charge is 0.496 e. The van der Waals surface area contributed by atoms with Crippen LogP contribution in [0, 0.1) is 0 Å². The number of fused-ring (bicyclic) bond motifs is 2. The highest BCUT2D eigenvalue weighted by atomic mass is 16.5. The van der Waals surface area contributed by atoms with Crippen LogP contribution in [0.4, 0.5) is 5.69 Å². The maximum absolute atomic E-state index is 5.61. The van der Waals surface area contributed by atoms with Crippen LogP contribution < -0.4 is 9.64 Å². The molecule has 2 unspecified atom stereocenters. The number of ether oxygens (including phenoxy) is 1. The lowest BCUT2D eigenvalue weighted by Crippen LogP contribution is -2.68. The zero-order valence-corrected chi connectivity index (χ0v) is 14.5. The van der Waals surface area contributed by atoms with Gasteiger partial charge in [0.15, 0.2) is 0 Å². The average molecular weight is 302 g/mol. The van der Waals surface area contributed by atoms with E-state index in [2.05, 4.69) is 48.8 Å². The smallest absolute Gasteiger partial charge is 0.124 e. The molecule has 3 heteroatoms. The second kappa shape index (κ2) is 6.49. The second-order valence-electron chi connectivity index (χ2n) is 7.12. The quantitative estimate of drug-likeness (QED) is 0.793. The summed E-state index contributed by atoms with van der Waals surface area (Å²) in [6, 6.07) is 8.28. The molecule has 22 heavy (non-hydrogen) atoms. The molecule has 2 bridgehead atoms. The lowest BCUT2D eigenvalue weighted by molar-refractivity contribution is -0.00149. The molecule has 3 heterocycles. The van der Waals surface area contributed by atoms with E-state index in [1.807, 2.05) is 0 Å². The van der Waals surface area contributed by atoms with Crippen LogP contribution in [0.15, 0.2) is 18.2 Å². The molecule has 1 aromatic carbocycles. The van der Waals surface area contributed by atoms with Gasteiger partial charge in [-0.15, -0.1) is 0 Å². The van der Waals surface area contributed by atoms with Gasteiger partial charge in [0.2, 0.25) is 0 Å². The summed E-state index contributed by atoms with van der Waals surface area (Å²) in [4.78, 5) is 5.27. The molecule has 0 radical (unpaired) electrons. The first kappa shape index (κ1) is 15.7. The third kappa shape index (κ3) is 2.83. The molecule has 122 valence electrons. The van der Waals surface area contributed by atoms with Crippen molar-refractivity contribution < 1.29 is 4.74 Å². The third-order valence-corrected chi connectivity index (χ3v) is 5.32. The molecule has 0 spiro atoms. The van der Waals surface area contributed by atoms with E-state index in [9.17, 15) is 0 Å². The number of hydrogen-bond acceptors (Lipinski definition) is 3. The maximum Gasteiger partial charge on any atom is 0.124 e. The van der Waals surface area contributed by atoms with Crippen molar-refractivity contribution >= 4 is 5.69 Å². The van der Waals surface area contributed by atoms with Crippen LogP contribution in [0.5, 0.6) is 5.75 Å². The summed E-state index contributed by atoms with van der Waals surface area (Å²) < 4.78 is 5.61. The molecule has 0 aliphatic carbocycles. The monoisotopic (exact) mass is 302 g/mol. The summed E-state index contributed by atoms with van der Waals surface area (Å²) in [5.74, 6) is 1.54. The first-order valence-electron chi connectivity index (χ1n) is 8.82. The Balaban J connectivity index is 1.69. The lowest BCUT2D eigenvalue weighted by atomic mass is 9.86. The van der Waals surface area contributed by atoms with Gasteiger partial charge in [-0.25, -0.2) is 0 Å². The summed E-state index contributed by atoms with van der Waals surface area (Å²) in [7, 11) is 1.78. The molecule has 3 aliphatic heterocycles. The zero-order valence-electron chi connectivity index (χ0n) is 14.5. The topological polar surface area (TPSA) is 15.7 Å². The number of unbranched alkanes of at least 4 members (excludes halogenated alkanes) is 1. The first-order chi connectivity index (χ1) is 10.6. The minimum atomic E-state index is 0.503. The van der Waals surface area contributed by atoms with Crippen LogP contribution in [0.1, 0.15) is 51.5 Å². The molecule has 3 aliphatic rings. The average Bonchev–Trinajstić information content (AvgIpc) is 2.54. The number of piperidine rings is 1. The summed E-state index contributed by atoms with van der Waals surface area (Å²) in [5.41, 5.74) is 2.63. The minimum Gasteiger partial charge on any atom is -0.496 e. The Bertz CT molecular complexity index is 502. The lowest BCUT2D eigenvalue weighted by Gasteiger charge is -2.57. The Hall–Kier alpha value is -1.22. The van der Waals surface area contributed by atoms with Crippen molar-refractivity contribution in [2.24, 2.45) is 0 Å². The summed E-state index contributed by atoms with van der Waals surface area (Å²) in [5, 5.41) is 0. The van der Waals surface area contributed by atoms with Crippen molar-refractivity contribution in [3.05, 3.63) is 23.8 Å². The van der Waals surface area contributed by atoms with Gasteiger partial charge in [-0.05, 0) is 36.9 Å². The highest BCUT2D eigenvalue weighted by Gasteiger charge is 2.43. The van der Waals surface area contributed by atoms with Crippen molar-refractivity contribution in [3.63, 3.8) is 0 Å². The highest BCUT2D eigenvalue weighted by molar-refractivity contribution is 5.55. The van der Waals surface area contributed by atoms with Crippen LogP contribution in [0.25, 0.3) is 0 Å². The minimum absolute atomic E-state index is 0.503. The number of nitrogens with zero attached hydrogens (tertiary/aromatic N) is 2. The number of anilines is 1. The van der Waals surface area contributed by atoms with Gasteiger partial charge in [-0.3, -0.25) is 4.90 Å². The maximum atomic E-state index is 5.61. The fraction of sp³-hybridized carbons (Fsp3) is 0.684. The summed E-state index contributed by atoms with van der Waals surface area (Å²) in [6.45, 7) is 10.4. The molecule has 2 atom stereocenters. The van der Waals surface area contributed by atoms with Crippen molar-refractivity contribution in [1.82, 2.24) is 4.90 Å². The molecule has 0 amide bonds. The molecular weight excluding hydrogens is 272 g/mol. The molecule has 4 rings (SSSR count). The van der Waals surface area contributed by atoms with Crippen LogP contribution in [0.3, 0.4) is 0 Å². The standard InChI is InChI=1S/C19H30N2O/c1-5-6-9-21-16-10-17(21)13-20(12-16)15-7-8-18(14(2)3)19(11-15)22-4/h7-8,11,14,16-17H,5-6,9-10,12-13H2,1-4H3. The molecular formula is C19H30N2O. The van der Waals surface area contributed by atoms with Gasteiger partial charge in [-0.1, -0.05) is 33.3 Å². The Morgan fingerprint density at radius 1 is 1.23 bits per heavy atom. The molecule has 3 fully saturated rings. The first-order valence-corrected chi connectivity index (χ1v) is 8.82. The van der Waals surface area contributed by atoms with Crippen LogP contribution in [-0.4, -0.2) is 43.7 Å². The van der Waals surface area contributed by atoms with Gasteiger partial charge < -0.3 is 9.64 Å². The summed E-state index contributed by atoms with van der Waals surface area (Å²) in [6.07, 6.45) is 4.03. The molecule has 3 saturated heterocycles. The Morgan fingerprint density at radius 3 is 2.55 bits per heavy atom. The second-order valence-corrected chi connectivity index (χ2v) is 7.12. The van der Waals surface area contributed by atoms with E-state index in [0.717, 1.165) is 17.8 Å². The summed E-state index contributed by atoms with van der Waals surface area (Å²) >= 11 is 0. The fourth-order valence-corrected chi connectivity index (χ4v) is 3.98. The predicted molar refractivity (Wildman–Crippen MR) is 93.1 cm³/mol. The number of rotatable bonds is 6. The number of methoxy groups -OCH3 is 1. The predicted octanol–water partition coefficient (Wildman–Crippen LogP) is 3.88. The fourth-order valence-electron chi connectivity index (χ4n) is 3.98. The number of benzene rings is 1. The van der Waals surface area contributed by atoms with E-state index in [1.54, 1.807) is 7.11 Å². The van der Waals surface area contributed by atoms with E-state index < -0.39 is 0 Å². The van der Waals surface area contributed by atoms with Crippen LogP contribution >= 0.6 is 0 Å². The Kier molecular flexibility index (Phi) is 4.62. The molecule has 3 nitrogen and oxygen atoms in total. The van der Waals surface area contributed by atoms with Gasteiger partial charge in [-0.2, -0.15) is 0 Å². The Morgan fingerprint density at radius 2 is 1.95 bits per heavy atom. The van der Waals surface area contributed by atoms with Gasteiger partial charge in [0.05, 0.1) is 7.11 Å². The van der Waals surface area contributed by atoms with Crippen molar-refractivity contribution in [1.29, 1.82) is 0 Å². The van der Waals surface area contributed by atoms with Crippen molar-refractivity contribution in [3.8, 4) is 5.75 Å². The molecule has 0 N–H and O–H groups in total. The molecule has 0 aromatic heterocycles. The van der Waals surface area contributed by atoms with Gasteiger partial charge in [0.25, 0.3) is 0 Å². The Labute approximate surface area is 135 Å². The molecule has 0 saturated carbocycles. The van der Waals surface area contributed by atoms with Gasteiger partial charge in [0, 0.05) is 36.9 Å². The normalized spacial score (nSPS) is 24.5. The SMILES string of the molecule is CCCCN1C2CC1CN(c1ccc(C(C)C)c(OC)c1)C2. The van der Waals surface area contributed by atoms with E-state index in [0.29, 0.717) is 5.92 Å². The van der Waals surface area contributed by atoms with Crippen molar-refractivity contribution in [2.45, 2.75) is 58.0 Å². The van der Waals surface area contributed by atoms with E-state index in [4.69, 9.17) is 4.74 Å². The van der Waals surface area contributed by atoms with Gasteiger partial charge in [0.1, 0.15) is 5.75 Å². The third-order valence-electron chi connectivity index (χ3n) is 5.32. The van der Waals surface area contributed by atoms with E-state index in [1.165, 1.54) is 50.1 Å². The number of hydrogen-bond donors (Lipinski definition) is 0. The van der Waals surface area contributed by atoms with Crippen molar-refractivity contribution in [2.75, 3.05) is 31.6 Å². The van der Waals surface area contributed by atoms with Gasteiger partial charge >= 0.3 is 0 Å². The molecule has 1 aromatic rings. The zero-order chi connectivity index (χ0) is 15.7. The van der Waals surface area contributed by atoms with Crippen LogP contribution in [0.2, 0.25) is 0 Å². The van der Waals surface area contributed by atoms with Crippen LogP contribution in [-0.2, 0) is 0 Å². The van der Waals surface area contributed by atoms with E-state index >= 15 is 0 Å². The highest BCUT2D eigenvalue weighted by Crippen LogP contribution is 2.37. The van der Waals surface area contributed by atoms with E-state index in [-0.39, 0.29) is 0 Å². The number of piperazine rings is 1.